The Balaban J connectivity index is 0.00000420. The molecule has 1 heterocycles. The standard InChI is InChI=1S/C22H36N4O2.2ClH/c1-3-5-15-25(4-2)19-11-9-18(10-12-19)22(28)26-16-7-6-8-20(26)17-24-21(27)13-14-23;;/h9-12,20H,3-8,13-17,23H2,1-2H3,(H,24,27);2*1H. The molecular formula is C22H38Cl2N4O2. The third kappa shape index (κ3) is 8.32. The second kappa shape index (κ2) is 15.3. The fraction of sp³-hybridized carbons (Fsp3) is 0.636. The molecule has 3 N–H and O–H groups in total. The zero-order valence-electron chi connectivity index (χ0n) is 18.3. The lowest BCUT2D eigenvalue weighted by atomic mass is 10.0. The molecular weight excluding hydrogens is 423 g/mol. The maximum atomic E-state index is 13.1. The van der Waals surface area contributed by atoms with Crippen molar-refractivity contribution >= 4 is 42.3 Å². The van der Waals surface area contributed by atoms with Gasteiger partial charge in [-0.05, 0) is 56.9 Å². The summed E-state index contributed by atoms with van der Waals surface area (Å²) in [6, 6.07) is 8.03. The van der Waals surface area contributed by atoms with E-state index in [9.17, 15) is 9.59 Å². The van der Waals surface area contributed by atoms with Crippen LogP contribution in [0.15, 0.2) is 24.3 Å². The summed E-state index contributed by atoms with van der Waals surface area (Å²) in [6.07, 6.45) is 5.69. The van der Waals surface area contributed by atoms with Crippen molar-refractivity contribution in [2.45, 2.75) is 58.4 Å². The largest absolute Gasteiger partial charge is 0.372 e. The maximum absolute atomic E-state index is 13.1. The van der Waals surface area contributed by atoms with Crippen LogP contribution in [0, 0.1) is 0 Å². The molecule has 8 heteroatoms. The number of rotatable bonds is 10. The molecule has 1 fully saturated rings. The lowest BCUT2D eigenvalue weighted by molar-refractivity contribution is -0.121. The Morgan fingerprint density at radius 3 is 2.47 bits per heavy atom. The molecule has 0 spiro atoms. The number of nitrogens with two attached hydrogens (primary N) is 1. The molecule has 2 rings (SSSR count). The SMILES string of the molecule is CCCCN(CC)c1ccc(C(=O)N2CCCCC2CNC(=O)CCN)cc1.Cl.Cl. The van der Waals surface area contributed by atoms with E-state index in [4.69, 9.17) is 5.73 Å². The zero-order valence-corrected chi connectivity index (χ0v) is 19.9. The summed E-state index contributed by atoms with van der Waals surface area (Å²) in [4.78, 5) is 29.1. The minimum Gasteiger partial charge on any atom is -0.372 e. The van der Waals surface area contributed by atoms with Gasteiger partial charge < -0.3 is 20.9 Å². The van der Waals surface area contributed by atoms with Crippen molar-refractivity contribution in [1.29, 1.82) is 0 Å². The Labute approximate surface area is 193 Å². The van der Waals surface area contributed by atoms with E-state index >= 15 is 0 Å². The number of carbonyl (C=O) groups excluding carboxylic acids is 2. The van der Waals surface area contributed by atoms with Crippen LogP contribution < -0.4 is 16.0 Å². The van der Waals surface area contributed by atoms with Gasteiger partial charge in [-0.15, -0.1) is 24.8 Å². The minimum absolute atomic E-state index is 0. The van der Waals surface area contributed by atoms with Gasteiger partial charge in [0, 0.05) is 56.4 Å². The Morgan fingerprint density at radius 1 is 1.17 bits per heavy atom. The van der Waals surface area contributed by atoms with Gasteiger partial charge in [0.15, 0.2) is 0 Å². The van der Waals surface area contributed by atoms with E-state index in [1.54, 1.807) is 0 Å². The Kier molecular flexibility index (Phi) is 14.6. The predicted octanol–water partition coefficient (Wildman–Crippen LogP) is 3.62. The van der Waals surface area contributed by atoms with E-state index in [0.29, 0.717) is 19.5 Å². The number of halogens is 2. The second-order valence-corrected chi connectivity index (χ2v) is 7.47. The number of unbranched alkanes of at least 4 members (excludes halogenated alkanes) is 1. The Morgan fingerprint density at radius 2 is 1.87 bits per heavy atom. The quantitative estimate of drug-likeness (QED) is 0.558. The van der Waals surface area contributed by atoms with Crippen LogP contribution in [0.2, 0.25) is 0 Å². The van der Waals surface area contributed by atoms with Gasteiger partial charge in [-0.2, -0.15) is 0 Å². The van der Waals surface area contributed by atoms with Crippen LogP contribution in [0.4, 0.5) is 5.69 Å². The van der Waals surface area contributed by atoms with Gasteiger partial charge in [-0.1, -0.05) is 13.3 Å². The van der Waals surface area contributed by atoms with Crippen LogP contribution in [0.5, 0.6) is 0 Å². The first-order chi connectivity index (χ1) is 13.6. The molecule has 172 valence electrons. The van der Waals surface area contributed by atoms with Gasteiger partial charge in [0.1, 0.15) is 0 Å². The molecule has 1 atom stereocenters. The first kappa shape index (κ1) is 28.5. The number of benzene rings is 1. The number of piperidine rings is 1. The average Bonchev–Trinajstić information content (AvgIpc) is 2.73. The van der Waals surface area contributed by atoms with Crippen LogP contribution in [0.1, 0.15) is 62.7 Å². The molecule has 1 aromatic carbocycles. The molecule has 1 saturated heterocycles. The van der Waals surface area contributed by atoms with E-state index < -0.39 is 0 Å². The van der Waals surface area contributed by atoms with Gasteiger partial charge in [0.05, 0.1) is 0 Å². The Bertz CT molecular complexity index is 628. The predicted molar refractivity (Wildman–Crippen MR) is 129 cm³/mol. The second-order valence-electron chi connectivity index (χ2n) is 7.47. The lowest BCUT2D eigenvalue weighted by Crippen LogP contribution is -2.49. The highest BCUT2D eigenvalue weighted by Crippen LogP contribution is 2.21. The van der Waals surface area contributed by atoms with E-state index in [1.807, 2.05) is 29.2 Å². The molecule has 6 nitrogen and oxygen atoms in total. The lowest BCUT2D eigenvalue weighted by Gasteiger charge is -2.36. The average molecular weight is 461 g/mol. The summed E-state index contributed by atoms with van der Waals surface area (Å²) >= 11 is 0. The summed E-state index contributed by atoms with van der Waals surface area (Å²) < 4.78 is 0. The van der Waals surface area contributed by atoms with Crippen molar-refractivity contribution < 1.29 is 9.59 Å². The molecule has 0 radical (unpaired) electrons. The normalized spacial score (nSPS) is 15.6. The zero-order chi connectivity index (χ0) is 20.4. The summed E-state index contributed by atoms with van der Waals surface area (Å²) in [5.74, 6) is 0.0116. The molecule has 0 saturated carbocycles. The smallest absolute Gasteiger partial charge is 0.254 e. The number of anilines is 1. The summed E-state index contributed by atoms with van der Waals surface area (Å²) in [6.45, 7) is 7.95. The number of amides is 2. The van der Waals surface area contributed by atoms with Gasteiger partial charge in [0.25, 0.3) is 5.91 Å². The third-order valence-corrected chi connectivity index (χ3v) is 5.44. The highest BCUT2D eigenvalue weighted by molar-refractivity contribution is 5.95. The summed E-state index contributed by atoms with van der Waals surface area (Å²) in [5, 5.41) is 2.92. The number of likely N-dealkylation sites (tertiary alicyclic amines) is 1. The number of nitrogens with one attached hydrogen (secondary N) is 1. The molecule has 1 aliphatic rings. The molecule has 1 aromatic rings. The number of carbonyl (C=O) groups is 2. The van der Waals surface area contributed by atoms with Crippen LogP contribution in [-0.2, 0) is 4.79 Å². The van der Waals surface area contributed by atoms with Crippen LogP contribution in [0.25, 0.3) is 0 Å². The number of nitrogens with zero attached hydrogens (tertiary/aromatic N) is 2. The highest BCUT2D eigenvalue weighted by atomic mass is 35.5. The molecule has 1 aliphatic heterocycles. The third-order valence-electron chi connectivity index (χ3n) is 5.44. The van der Waals surface area contributed by atoms with Gasteiger partial charge in [0.2, 0.25) is 5.91 Å². The molecule has 0 aliphatic carbocycles. The maximum Gasteiger partial charge on any atom is 0.254 e. The fourth-order valence-electron chi connectivity index (χ4n) is 3.73. The van der Waals surface area contributed by atoms with Crippen molar-refractivity contribution in [2.75, 3.05) is 37.6 Å². The van der Waals surface area contributed by atoms with Crippen LogP contribution >= 0.6 is 24.8 Å². The van der Waals surface area contributed by atoms with Crippen molar-refractivity contribution in [3.05, 3.63) is 29.8 Å². The first-order valence-corrected chi connectivity index (χ1v) is 10.7. The van der Waals surface area contributed by atoms with E-state index in [1.165, 1.54) is 12.8 Å². The topological polar surface area (TPSA) is 78.7 Å². The van der Waals surface area contributed by atoms with Gasteiger partial charge in [-0.25, -0.2) is 0 Å². The number of hydrogen-bond donors (Lipinski definition) is 2. The minimum atomic E-state index is -0.0449. The van der Waals surface area contributed by atoms with Crippen LogP contribution in [-0.4, -0.2) is 55.5 Å². The summed E-state index contributed by atoms with van der Waals surface area (Å²) in [7, 11) is 0. The molecule has 30 heavy (non-hydrogen) atoms. The molecule has 0 bridgehead atoms. The summed E-state index contributed by atoms with van der Waals surface area (Å²) in [5.41, 5.74) is 7.31. The number of hydrogen-bond acceptors (Lipinski definition) is 4. The Hall–Kier alpha value is -1.50. The van der Waals surface area contributed by atoms with Gasteiger partial charge >= 0.3 is 0 Å². The van der Waals surface area contributed by atoms with Crippen LogP contribution in [0.3, 0.4) is 0 Å². The van der Waals surface area contributed by atoms with E-state index in [2.05, 4.69) is 24.1 Å². The van der Waals surface area contributed by atoms with Crippen molar-refractivity contribution in [3.63, 3.8) is 0 Å². The van der Waals surface area contributed by atoms with Crippen molar-refractivity contribution in [3.8, 4) is 0 Å². The van der Waals surface area contributed by atoms with E-state index in [-0.39, 0.29) is 42.7 Å². The van der Waals surface area contributed by atoms with Crippen molar-refractivity contribution in [2.24, 2.45) is 5.73 Å². The molecule has 0 aromatic heterocycles. The highest BCUT2D eigenvalue weighted by Gasteiger charge is 2.27. The van der Waals surface area contributed by atoms with Gasteiger partial charge in [-0.3, -0.25) is 9.59 Å². The first-order valence-electron chi connectivity index (χ1n) is 10.7. The van der Waals surface area contributed by atoms with Crippen molar-refractivity contribution in [1.82, 2.24) is 10.2 Å². The fourth-order valence-corrected chi connectivity index (χ4v) is 3.73. The van der Waals surface area contributed by atoms with E-state index in [0.717, 1.165) is 50.1 Å². The molecule has 1 unspecified atom stereocenters. The molecule has 2 amide bonds. The monoisotopic (exact) mass is 460 g/mol.